The van der Waals surface area contributed by atoms with Gasteiger partial charge in [-0.1, -0.05) is 89.6 Å². The topological polar surface area (TPSA) is 70.5 Å². The van der Waals surface area contributed by atoms with Crippen LogP contribution in [0.1, 0.15) is 17.0 Å². The number of amidine groups is 1. The van der Waals surface area contributed by atoms with Crippen LogP contribution in [-0.4, -0.2) is 10.8 Å². The Balaban J connectivity index is 0.00000377. The van der Waals surface area contributed by atoms with E-state index in [4.69, 9.17) is 23.5 Å². The molecule has 0 saturated carbocycles. The van der Waals surface area contributed by atoms with E-state index in [2.05, 4.69) is 124 Å². The number of benzene rings is 7. The molecule has 0 N–H and O–H groups in total. The van der Waals surface area contributed by atoms with Crippen LogP contribution in [0.2, 0.25) is 0 Å². The van der Waals surface area contributed by atoms with E-state index in [1.54, 1.807) is 6.20 Å². The van der Waals surface area contributed by atoms with E-state index in [1.165, 1.54) is 0 Å². The van der Waals surface area contributed by atoms with Gasteiger partial charge in [-0.25, -0.2) is 9.98 Å². The Labute approximate surface area is 352 Å². The van der Waals surface area contributed by atoms with Gasteiger partial charge in [0.05, 0.1) is 22.4 Å². The summed E-state index contributed by atoms with van der Waals surface area (Å²) in [5.74, 6) is 2.58. The Hall–Kier alpha value is -7.15. The second-order valence-electron chi connectivity index (χ2n) is 14.6. The Kier molecular flexibility index (Phi) is 7.44. The number of hydrogen-bond acceptors (Lipinski definition) is 8. The molecule has 0 fully saturated rings. The molecule has 0 spiro atoms. The van der Waals surface area contributed by atoms with E-state index in [-0.39, 0.29) is 27.0 Å². The monoisotopic (exact) mass is 941 g/mol. The van der Waals surface area contributed by atoms with Crippen LogP contribution in [0.4, 0.5) is 39.9 Å². The molecule has 3 aliphatic rings. The zero-order chi connectivity index (χ0) is 37.9. The molecule has 284 valence electrons. The van der Waals surface area contributed by atoms with Crippen molar-refractivity contribution in [1.29, 1.82) is 0 Å². The minimum atomic E-state index is -0.0407. The van der Waals surface area contributed by atoms with Crippen molar-refractivity contribution < 1.29 is 34.6 Å². The summed E-state index contributed by atoms with van der Waals surface area (Å²) in [6.45, 7) is 2.11. The normalized spacial score (nSPS) is 15.1. The van der Waals surface area contributed by atoms with E-state index in [0.29, 0.717) is 17.1 Å². The van der Waals surface area contributed by atoms with Gasteiger partial charge in [0.25, 0.3) is 0 Å². The van der Waals surface area contributed by atoms with Gasteiger partial charge in [-0.2, -0.15) is 6.07 Å². The molecule has 0 bridgehead atoms. The number of nitrogens with zero attached hydrogens (tertiary/aromatic N) is 5. The van der Waals surface area contributed by atoms with Gasteiger partial charge >= 0.3 is 0 Å². The zero-order valence-corrected chi connectivity index (χ0v) is 33.2. The fourth-order valence-corrected chi connectivity index (χ4v) is 8.88. The molecule has 1 atom stereocenters. The van der Waals surface area contributed by atoms with Crippen LogP contribution in [0.5, 0.6) is 11.5 Å². The van der Waals surface area contributed by atoms with Crippen molar-refractivity contribution in [3.05, 3.63) is 188 Å². The first-order valence-electron chi connectivity index (χ1n) is 19.2. The first kappa shape index (κ1) is 33.9. The van der Waals surface area contributed by atoms with Crippen molar-refractivity contribution in [2.24, 2.45) is 4.99 Å². The van der Waals surface area contributed by atoms with E-state index >= 15 is 0 Å². The largest absolute Gasteiger partial charge is 0.511 e. The number of pyridine rings is 1. The van der Waals surface area contributed by atoms with Crippen LogP contribution in [0.15, 0.2) is 172 Å². The third-order valence-corrected chi connectivity index (χ3v) is 11.4. The van der Waals surface area contributed by atoms with Crippen molar-refractivity contribution in [3.8, 4) is 11.5 Å². The molecule has 3 aromatic heterocycles. The maximum Gasteiger partial charge on any atom is 0.139 e. The van der Waals surface area contributed by atoms with Gasteiger partial charge in [-0.05, 0) is 66.2 Å². The molecular formula is C50H28N5O3Pt-3. The SMILES string of the molecule is [Pt].[c-]1c(Oc2[c-]c(N3[CH-]N(c4ccccc4)c4ccccc43)cc3c2oc2c3ccc3oc4ccccc4c32)ccc2c1N(c1ccccn1)C1=Nc3ccccc3C12. The summed E-state index contributed by atoms with van der Waals surface area (Å²) in [5.41, 5.74) is 10.9. The van der Waals surface area contributed by atoms with E-state index < -0.39 is 0 Å². The number of aliphatic imine (C=N–C) groups is 1. The van der Waals surface area contributed by atoms with E-state index in [1.807, 2.05) is 60.7 Å². The third kappa shape index (κ3) is 5.00. The maximum atomic E-state index is 6.93. The second kappa shape index (κ2) is 12.9. The summed E-state index contributed by atoms with van der Waals surface area (Å²) in [6, 6.07) is 58.6. The molecule has 0 saturated heterocycles. The minimum absolute atomic E-state index is 0. The van der Waals surface area contributed by atoms with Crippen molar-refractivity contribution in [2.45, 2.75) is 5.92 Å². The molecule has 8 nitrogen and oxygen atoms in total. The van der Waals surface area contributed by atoms with Crippen LogP contribution in [0, 0.1) is 18.8 Å². The number of rotatable bonds is 5. The van der Waals surface area contributed by atoms with Gasteiger partial charge in [-0.3, -0.25) is 0 Å². The van der Waals surface area contributed by atoms with Gasteiger partial charge in [-0.15, -0.1) is 36.5 Å². The fraction of sp³-hybridized carbons (Fsp3) is 0.0200. The molecule has 9 heteroatoms. The summed E-state index contributed by atoms with van der Waals surface area (Å²) in [5, 5.41) is 3.76. The van der Waals surface area contributed by atoms with Gasteiger partial charge in [0.15, 0.2) is 0 Å². The summed E-state index contributed by atoms with van der Waals surface area (Å²) in [6.07, 6.45) is 1.80. The minimum Gasteiger partial charge on any atom is -0.511 e. The Morgan fingerprint density at radius 1 is 0.627 bits per heavy atom. The number of hydrogen-bond donors (Lipinski definition) is 0. The average molecular weight is 942 g/mol. The van der Waals surface area contributed by atoms with Crippen molar-refractivity contribution in [1.82, 2.24) is 4.98 Å². The Morgan fingerprint density at radius 3 is 2.31 bits per heavy atom. The van der Waals surface area contributed by atoms with Crippen molar-refractivity contribution in [3.63, 3.8) is 0 Å². The molecule has 0 aliphatic carbocycles. The van der Waals surface area contributed by atoms with Crippen LogP contribution < -0.4 is 19.4 Å². The number of ether oxygens (including phenoxy) is 1. The summed E-state index contributed by atoms with van der Waals surface area (Å²) < 4.78 is 20.1. The van der Waals surface area contributed by atoms with E-state index in [9.17, 15) is 0 Å². The molecule has 10 aromatic rings. The van der Waals surface area contributed by atoms with Gasteiger partial charge in [0.2, 0.25) is 0 Å². The number of para-hydroxylation sites is 5. The molecule has 0 radical (unpaired) electrons. The average Bonchev–Trinajstić information content (AvgIpc) is 4.09. The molecule has 6 heterocycles. The van der Waals surface area contributed by atoms with Crippen molar-refractivity contribution in [2.75, 3.05) is 14.7 Å². The molecule has 7 aromatic carbocycles. The van der Waals surface area contributed by atoms with Crippen LogP contribution in [0.25, 0.3) is 43.9 Å². The fourth-order valence-electron chi connectivity index (χ4n) is 8.88. The first-order chi connectivity index (χ1) is 28.7. The van der Waals surface area contributed by atoms with Crippen LogP contribution in [-0.2, 0) is 21.1 Å². The van der Waals surface area contributed by atoms with E-state index in [0.717, 1.165) is 95.2 Å². The van der Waals surface area contributed by atoms with Crippen LogP contribution in [0.3, 0.4) is 0 Å². The zero-order valence-electron chi connectivity index (χ0n) is 30.9. The Bertz CT molecular complexity index is 3340. The predicted octanol–water partition coefficient (Wildman–Crippen LogP) is 13.0. The number of furan rings is 2. The molecule has 3 aliphatic heterocycles. The number of anilines is 6. The summed E-state index contributed by atoms with van der Waals surface area (Å²) >= 11 is 0. The molecule has 0 amide bonds. The van der Waals surface area contributed by atoms with Gasteiger partial charge < -0.3 is 28.3 Å². The van der Waals surface area contributed by atoms with Crippen LogP contribution >= 0.6 is 0 Å². The summed E-state index contributed by atoms with van der Waals surface area (Å²) in [7, 11) is 0. The molecule has 1 unspecified atom stereocenters. The summed E-state index contributed by atoms with van der Waals surface area (Å²) in [4.78, 5) is 16.3. The molecule has 13 rings (SSSR count). The Morgan fingerprint density at radius 2 is 1.42 bits per heavy atom. The van der Waals surface area contributed by atoms with Gasteiger partial charge in [0.1, 0.15) is 28.4 Å². The van der Waals surface area contributed by atoms with Crippen molar-refractivity contribution >= 4 is 89.7 Å². The maximum absolute atomic E-state index is 6.93. The number of fused-ring (bicyclic) bond motifs is 13. The quantitative estimate of drug-likeness (QED) is 0.159. The second-order valence-corrected chi connectivity index (χ2v) is 14.6. The molecular weight excluding hydrogens is 914 g/mol. The molecule has 59 heavy (non-hydrogen) atoms. The standard InChI is InChI=1S/C50H28N5O3.Pt/c1-2-12-30(13-3-1)53-29-54(40-18-8-7-17-39(40)53)31-26-37-33-23-24-43-47(36-15-5-9-19-42(36)57-43)49(33)58-48(37)44(27-31)56-32-21-22-35-41(28-32)55(45-20-10-11-25-51-45)50-46(35)34-14-4-6-16-38(34)52-50;/h1-26,29,46H;/q-3;. The first-order valence-corrected chi connectivity index (χ1v) is 19.2. The predicted molar refractivity (Wildman–Crippen MR) is 228 cm³/mol. The van der Waals surface area contributed by atoms with Gasteiger partial charge in [0, 0.05) is 66.8 Å². The third-order valence-electron chi connectivity index (χ3n) is 11.4. The number of aromatic nitrogens is 1. The smallest absolute Gasteiger partial charge is 0.139 e.